The lowest BCUT2D eigenvalue weighted by atomic mass is 9.85. The van der Waals surface area contributed by atoms with Gasteiger partial charge < -0.3 is 9.84 Å². The average Bonchev–Trinajstić information content (AvgIpc) is 2.20. The number of carboxylic acids is 1. The molecule has 0 fully saturated rings. The Balaban J connectivity index is 2.61. The molecule has 0 aromatic heterocycles. The standard InChI is InChI=1S/C12H14O3/c1-8-4-3-5-10-9(8)6-7-15-12(10,2)11(13)14/h3-5H,6-7H2,1-2H3,(H,13,14). The predicted octanol–water partition coefficient (Wildman–Crippen LogP) is 1.87. The van der Waals surface area contributed by atoms with E-state index < -0.39 is 11.6 Å². The van der Waals surface area contributed by atoms with E-state index in [4.69, 9.17) is 4.74 Å². The third-order valence-corrected chi connectivity index (χ3v) is 3.08. The first-order valence-electron chi connectivity index (χ1n) is 5.02. The van der Waals surface area contributed by atoms with Gasteiger partial charge in [-0.15, -0.1) is 0 Å². The van der Waals surface area contributed by atoms with Crippen LogP contribution in [0.15, 0.2) is 18.2 Å². The number of rotatable bonds is 1. The van der Waals surface area contributed by atoms with Crippen LogP contribution in [-0.2, 0) is 21.6 Å². The van der Waals surface area contributed by atoms with Crippen molar-refractivity contribution in [1.82, 2.24) is 0 Å². The second-order valence-corrected chi connectivity index (χ2v) is 4.04. The van der Waals surface area contributed by atoms with E-state index in [0.29, 0.717) is 6.61 Å². The van der Waals surface area contributed by atoms with Crippen LogP contribution in [0.25, 0.3) is 0 Å². The Kier molecular flexibility index (Phi) is 2.27. The highest BCUT2D eigenvalue weighted by atomic mass is 16.5. The Labute approximate surface area is 88.7 Å². The predicted molar refractivity (Wildman–Crippen MR) is 55.8 cm³/mol. The smallest absolute Gasteiger partial charge is 0.340 e. The number of benzene rings is 1. The topological polar surface area (TPSA) is 46.5 Å². The van der Waals surface area contributed by atoms with Gasteiger partial charge in [-0.2, -0.15) is 0 Å². The van der Waals surface area contributed by atoms with Crippen molar-refractivity contribution < 1.29 is 14.6 Å². The Bertz CT molecular complexity index is 411. The SMILES string of the molecule is Cc1cccc2c1CCOC2(C)C(=O)O. The van der Waals surface area contributed by atoms with Gasteiger partial charge in [-0.25, -0.2) is 4.79 Å². The molecule has 0 saturated carbocycles. The number of carboxylic acid groups (broad SMARTS) is 1. The molecule has 0 bridgehead atoms. The number of hydrogen-bond donors (Lipinski definition) is 1. The van der Waals surface area contributed by atoms with E-state index in [-0.39, 0.29) is 0 Å². The van der Waals surface area contributed by atoms with Crippen molar-refractivity contribution in [3.05, 3.63) is 34.9 Å². The molecule has 1 unspecified atom stereocenters. The van der Waals surface area contributed by atoms with Gasteiger partial charge >= 0.3 is 5.97 Å². The van der Waals surface area contributed by atoms with E-state index in [0.717, 1.165) is 23.1 Å². The fraction of sp³-hybridized carbons (Fsp3) is 0.417. The van der Waals surface area contributed by atoms with Gasteiger partial charge in [-0.05, 0) is 37.0 Å². The van der Waals surface area contributed by atoms with Crippen LogP contribution < -0.4 is 0 Å². The molecule has 1 atom stereocenters. The minimum Gasteiger partial charge on any atom is -0.479 e. The Morgan fingerprint density at radius 2 is 2.27 bits per heavy atom. The van der Waals surface area contributed by atoms with E-state index in [1.165, 1.54) is 0 Å². The monoisotopic (exact) mass is 206 g/mol. The molecule has 3 heteroatoms. The van der Waals surface area contributed by atoms with Crippen molar-refractivity contribution >= 4 is 5.97 Å². The zero-order valence-electron chi connectivity index (χ0n) is 8.91. The fourth-order valence-electron chi connectivity index (χ4n) is 2.09. The molecule has 80 valence electrons. The first-order valence-corrected chi connectivity index (χ1v) is 5.02. The first kappa shape index (κ1) is 10.2. The summed E-state index contributed by atoms with van der Waals surface area (Å²) >= 11 is 0. The molecular weight excluding hydrogens is 192 g/mol. The highest BCUT2D eigenvalue weighted by molar-refractivity contribution is 5.80. The van der Waals surface area contributed by atoms with Gasteiger partial charge in [0, 0.05) is 0 Å². The van der Waals surface area contributed by atoms with Gasteiger partial charge in [-0.1, -0.05) is 18.2 Å². The lowest BCUT2D eigenvalue weighted by Gasteiger charge is -2.33. The summed E-state index contributed by atoms with van der Waals surface area (Å²) in [5.41, 5.74) is 1.87. The van der Waals surface area contributed by atoms with Crippen molar-refractivity contribution in [3.63, 3.8) is 0 Å². The van der Waals surface area contributed by atoms with Crippen molar-refractivity contribution in [1.29, 1.82) is 0 Å². The number of aryl methyl sites for hydroxylation is 1. The van der Waals surface area contributed by atoms with Crippen LogP contribution in [0.3, 0.4) is 0 Å². The summed E-state index contributed by atoms with van der Waals surface area (Å²) in [6.07, 6.45) is 0.797. The highest BCUT2D eigenvalue weighted by Crippen LogP contribution is 2.34. The molecule has 0 spiro atoms. The third-order valence-electron chi connectivity index (χ3n) is 3.08. The summed E-state index contributed by atoms with van der Waals surface area (Å²) in [5.74, 6) is -0.922. The van der Waals surface area contributed by atoms with Gasteiger partial charge in [0.2, 0.25) is 0 Å². The van der Waals surface area contributed by atoms with E-state index in [1.54, 1.807) is 6.92 Å². The van der Waals surface area contributed by atoms with E-state index in [2.05, 4.69) is 0 Å². The average molecular weight is 206 g/mol. The number of ether oxygens (including phenoxy) is 1. The van der Waals surface area contributed by atoms with E-state index >= 15 is 0 Å². The molecule has 1 aromatic carbocycles. The molecule has 1 aromatic rings. The van der Waals surface area contributed by atoms with Crippen LogP contribution in [0.2, 0.25) is 0 Å². The molecule has 3 nitrogen and oxygen atoms in total. The summed E-state index contributed by atoms with van der Waals surface area (Å²) in [7, 11) is 0. The van der Waals surface area contributed by atoms with Crippen LogP contribution in [0.4, 0.5) is 0 Å². The molecule has 0 radical (unpaired) electrons. The van der Waals surface area contributed by atoms with Gasteiger partial charge in [0.15, 0.2) is 5.60 Å². The second-order valence-electron chi connectivity index (χ2n) is 4.04. The largest absolute Gasteiger partial charge is 0.479 e. The van der Waals surface area contributed by atoms with Crippen LogP contribution in [0.5, 0.6) is 0 Å². The number of hydrogen-bond acceptors (Lipinski definition) is 2. The maximum absolute atomic E-state index is 11.2. The fourth-order valence-corrected chi connectivity index (χ4v) is 2.09. The maximum Gasteiger partial charge on any atom is 0.340 e. The minimum atomic E-state index is -1.18. The van der Waals surface area contributed by atoms with E-state index in [9.17, 15) is 9.90 Å². The summed E-state index contributed by atoms with van der Waals surface area (Å²) in [5, 5.41) is 9.21. The van der Waals surface area contributed by atoms with Crippen molar-refractivity contribution in [2.45, 2.75) is 25.9 Å². The normalized spacial score (nSPS) is 24.7. The van der Waals surface area contributed by atoms with E-state index in [1.807, 2.05) is 25.1 Å². The minimum absolute atomic E-state index is 0.473. The Morgan fingerprint density at radius 3 is 2.93 bits per heavy atom. The van der Waals surface area contributed by atoms with Crippen LogP contribution >= 0.6 is 0 Å². The van der Waals surface area contributed by atoms with Crippen molar-refractivity contribution in [2.24, 2.45) is 0 Å². The molecule has 0 saturated heterocycles. The second kappa shape index (κ2) is 3.35. The summed E-state index contributed by atoms with van der Waals surface area (Å²) < 4.78 is 5.41. The maximum atomic E-state index is 11.2. The lowest BCUT2D eigenvalue weighted by molar-refractivity contribution is -0.166. The summed E-state index contributed by atoms with van der Waals surface area (Å²) in [6.45, 7) is 4.10. The molecule has 1 N–H and O–H groups in total. The highest BCUT2D eigenvalue weighted by Gasteiger charge is 2.40. The van der Waals surface area contributed by atoms with Gasteiger partial charge in [0.25, 0.3) is 0 Å². The van der Waals surface area contributed by atoms with Crippen LogP contribution in [0, 0.1) is 6.92 Å². The zero-order chi connectivity index (χ0) is 11.1. The molecule has 1 heterocycles. The molecular formula is C12H14O3. The molecule has 0 amide bonds. The number of carbonyl (C=O) groups is 1. The Morgan fingerprint density at radius 1 is 1.53 bits per heavy atom. The summed E-state index contributed by atoms with van der Waals surface area (Å²) in [6, 6.07) is 5.73. The third kappa shape index (κ3) is 1.43. The van der Waals surface area contributed by atoms with Gasteiger partial charge in [0.1, 0.15) is 0 Å². The Hall–Kier alpha value is -1.35. The lowest BCUT2D eigenvalue weighted by Crippen LogP contribution is -2.40. The number of fused-ring (bicyclic) bond motifs is 1. The number of aliphatic carboxylic acids is 1. The molecule has 0 aliphatic carbocycles. The van der Waals surface area contributed by atoms with Crippen LogP contribution in [0.1, 0.15) is 23.6 Å². The van der Waals surface area contributed by atoms with Gasteiger partial charge in [0.05, 0.1) is 6.61 Å². The van der Waals surface area contributed by atoms with Crippen molar-refractivity contribution in [2.75, 3.05) is 6.61 Å². The molecule has 15 heavy (non-hydrogen) atoms. The molecule has 1 aliphatic heterocycles. The first-order chi connectivity index (χ1) is 7.05. The zero-order valence-corrected chi connectivity index (χ0v) is 8.91. The molecule has 1 aliphatic rings. The van der Waals surface area contributed by atoms with Crippen molar-refractivity contribution in [3.8, 4) is 0 Å². The summed E-state index contributed by atoms with van der Waals surface area (Å²) in [4.78, 5) is 11.2. The molecule has 2 rings (SSSR count). The quantitative estimate of drug-likeness (QED) is 0.763. The van der Waals surface area contributed by atoms with Crippen LogP contribution in [-0.4, -0.2) is 17.7 Å². The van der Waals surface area contributed by atoms with Gasteiger partial charge in [-0.3, -0.25) is 0 Å².